The Morgan fingerprint density at radius 3 is 3.13 bits per heavy atom. The summed E-state index contributed by atoms with van der Waals surface area (Å²) in [6, 6.07) is 8.36. The maximum absolute atomic E-state index is 7.52. The van der Waals surface area contributed by atoms with Gasteiger partial charge in [-0.15, -0.1) is 0 Å². The molecule has 1 aromatic carbocycles. The lowest BCUT2D eigenvalue weighted by Gasteiger charge is -2.26. The van der Waals surface area contributed by atoms with Gasteiger partial charge in [-0.1, -0.05) is 35.7 Å². The number of benzene rings is 1. The Morgan fingerprint density at radius 1 is 1.48 bits per heavy atom. The highest BCUT2D eigenvalue weighted by atomic mass is 35.5. The standard InChI is InChI=1S/C17H19ClN4S/c18-13-3-1-2-11(6-13)10-23-22-14-4-5-15-12(7-14)9-21-17(20)16(15)8-19/h1-3,6,8-9,14,19,22H,4-5,7,10H2,(H2,20,21). The number of hydrogen-bond acceptors (Lipinski definition) is 5. The van der Waals surface area contributed by atoms with Gasteiger partial charge in [-0.05, 0) is 48.1 Å². The van der Waals surface area contributed by atoms with Gasteiger partial charge >= 0.3 is 0 Å². The van der Waals surface area contributed by atoms with E-state index in [-0.39, 0.29) is 0 Å². The lowest BCUT2D eigenvalue weighted by Crippen LogP contribution is -2.31. The Labute approximate surface area is 145 Å². The second-order valence-corrected chi connectivity index (χ2v) is 6.93. The summed E-state index contributed by atoms with van der Waals surface area (Å²) in [6.45, 7) is 0. The van der Waals surface area contributed by atoms with Gasteiger partial charge in [-0.3, -0.25) is 4.72 Å². The van der Waals surface area contributed by atoms with Crippen molar-refractivity contribution in [2.24, 2.45) is 0 Å². The number of fused-ring (bicyclic) bond motifs is 1. The number of nitrogens with zero attached hydrogens (tertiary/aromatic N) is 1. The summed E-state index contributed by atoms with van der Waals surface area (Å²) in [5.74, 6) is 1.34. The molecular formula is C17H19ClN4S. The molecule has 0 aliphatic heterocycles. The van der Waals surface area contributed by atoms with E-state index in [1.807, 2.05) is 24.4 Å². The molecule has 1 unspecified atom stereocenters. The molecule has 0 saturated heterocycles. The third kappa shape index (κ3) is 3.86. The third-order valence-corrected chi connectivity index (χ3v) is 5.29. The molecule has 1 atom stereocenters. The van der Waals surface area contributed by atoms with Crippen molar-refractivity contribution >= 4 is 35.6 Å². The highest BCUT2D eigenvalue weighted by molar-refractivity contribution is 7.96. The van der Waals surface area contributed by atoms with Gasteiger partial charge in [0, 0.05) is 34.8 Å². The van der Waals surface area contributed by atoms with Crippen molar-refractivity contribution in [3.8, 4) is 0 Å². The smallest absolute Gasteiger partial charge is 0.132 e. The number of aromatic nitrogens is 1. The Balaban J connectivity index is 1.59. The molecule has 4 N–H and O–H groups in total. The molecule has 0 saturated carbocycles. The third-order valence-electron chi connectivity index (χ3n) is 4.08. The average Bonchev–Trinajstić information content (AvgIpc) is 2.55. The molecule has 1 aromatic heterocycles. The summed E-state index contributed by atoms with van der Waals surface area (Å²) >= 11 is 7.72. The second-order valence-electron chi connectivity index (χ2n) is 5.68. The summed E-state index contributed by atoms with van der Waals surface area (Å²) in [5.41, 5.74) is 10.2. The van der Waals surface area contributed by atoms with Crippen LogP contribution in [0.1, 0.15) is 28.7 Å². The molecule has 1 aliphatic rings. The first kappa shape index (κ1) is 16.3. The Morgan fingerprint density at radius 2 is 2.35 bits per heavy atom. The maximum Gasteiger partial charge on any atom is 0.132 e. The zero-order valence-corrected chi connectivity index (χ0v) is 14.3. The van der Waals surface area contributed by atoms with Crippen LogP contribution in [-0.4, -0.2) is 17.2 Å². The predicted molar refractivity (Wildman–Crippen MR) is 98.2 cm³/mol. The van der Waals surface area contributed by atoms with Gasteiger partial charge in [0.25, 0.3) is 0 Å². The Hall–Kier alpha value is -1.56. The van der Waals surface area contributed by atoms with E-state index in [1.165, 1.54) is 22.9 Å². The zero-order valence-electron chi connectivity index (χ0n) is 12.7. The van der Waals surface area contributed by atoms with E-state index in [9.17, 15) is 0 Å². The predicted octanol–water partition coefficient (Wildman–Crippen LogP) is 3.61. The Bertz CT molecular complexity index is 720. The summed E-state index contributed by atoms with van der Waals surface area (Å²) in [5, 5.41) is 8.30. The lowest BCUT2D eigenvalue weighted by molar-refractivity contribution is 0.544. The molecule has 120 valence electrons. The SMILES string of the molecule is N=Cc1c(N)ncc2c1CCC(NSCc1cccc(Cl)c1)C2. The van der Waals surface area contributed by atoms with E-state index in [4.69, 9.17) is 22.7 Å². The largest absolute Gasteiger partial charge is 0.383 e. The van der Waals surface area contributed by atoms with Crippen molar-refractivity contribution in [3.05, 3.63) is 57.7 Å². The minimum atomic E-state index is 0.413. The van der Waals surface area contributed by atoms with Crippen molar-refractivity contribution in [2.45, 2.75) is 31.1 Å². The monoisotopic (exact) mass is 346 g/mol. The molecule has 2 aromatic rings. The van der Waals surface area contributed by atoms with Gasteiger partial charge in [0.05, 0.1) is 0 Å². The van der Waals surface area contributed by atoms with E-state index >= 15 is 0 Å². The maximum atomic E-state index is 7.52. The average molecular weight is 347 g/mol. The van der Waals surface area contributed by atoms with Crippen molar-refractivity contribution in [3.63, 3.8) is 0 Å². The topological polar surface area (TPSA) is 74.8 Å². The van der Waals surface area contributed by atoms with Crippen LogP contribution in [0.2, 0.25) is 5.02 Å². The number of halogens is 1. The molecule has 3 rings (SSSR count). The second kappa shape index (κ2) is 7.34. The van der Waals surface area contributed by atoms with Gasteiger partial charge in [-0.25, -0.2) is 4.98 Å². The molecule has 0 bridgehead atoms. The first-order chi connectivity index (χ1) is 11.2. The van der Waals surface area contributed by atoms with Gasteiger partial charge in [0.2, 0.25) is 0 Å². The lowest BCUT2D eigenvalue weighted by atomic mass is 9.87. The van der Waals surface area contributed by atoms with Crippen LogP contribution in [-0.2, 0) is 18.6 Å². The van der Waals surface area contributed by atoms with Crippen LogP contribution in [0.3, 0.4) is 0 Å². The number of rotatable bonds is 5. The van der Waals surface area contributed by atoms with Crippen molar-refractivity contribution in [1.29, 1.82) is 5.41 Å². The van der Waals surface area contributed by atoms with Crippen LogP contribution in [0.4, 0.5) is 5.82 Å². The van der Waals surface area contributed by atoms with E-state index < -0.39 is 0 Å². The fourth-order valence-corrected chi connectivity index (χ4v) is 3.99. The van der Waals surface area contributed by atoms with Gasteiger partial charge in [0.1, 0.15) is 5.82 Å². The summed E-state index contributed by atoms with van der Waals surface area (Å²) in [6.07, 6.45) is 6.07. The molecule has 1 aliphatic carbocycles. The molecule has 0 amide bonds. The van der Waals surface area contributed by atoms with E-state index in [0.717, 1.165) is 35.6 Å². The first-order valence-corrected chi connectivity index (χ1v) is 8.92. The number of pyridine rings is 1. The molecule has 4 nitrogen and oxygen atoms in total. The quantitative estimate of drug-likeness (QED) is 0.571. The van der Waals surface area contributed by atoms with Crippen LogP contribution in [0.15, 0.2) is 30.5 Å². The van der Waals surface area contributed by atoms with Crippen LogP contribution in [0.25, 0.3) is 0 Å². The van der Waals surface area contributed by atoms with Gasteiger partial charge in [-0.2, -0.15) is 0 Å². The fourth-order valence-electron chi connectivity index (χ4n) is 2.91. The zero-order chi connectivity index (χ0) is 16.2. The molecule has 0 radical (unpaired) electrons. The number of hydrogen-bond donors (Lipinski definition) is 3. The minimum absolute atomic E-state index is 0.413. The first-order valence-electron chi connectivity index (χ1n) is 7.56. The van der Waals surface area contributed by atoms with E-state index in [0.29, 0.717) is 11.9 Å². The van der Waals surface area contributed by atoms with Gasteiger partial charge in [0.15, 0.2) is 0 Å². The summed E-state index contributed by atoms with van der Waals surface area (Å²) in [7, 11) is 0. The van der Waals surface area contributed by atoms with Crippen molar-refractivity contribution in [2.75, 3.05) is 5.73 Å². The van der Waals surface area contributed by atoms with E-state index in [2.05, 4.69) is 15.8 Å². The highest BCUT2D eigenvalue weighted by Crippen LogP contribution is 2.27. The van der Waals surface area contributed by atoms with Crippen LogP contribution >= 0.6 is 23.5 Å². The number of anilines is 1. The summed E-state index contributed by atoms with van der Waals surface area (Å²) in [4.78, 5) is 4.21. The number of nitrogens with two attached hydrogens (primary N) is 1. The van der Waals surface area contributed by atoms with Crippen LogP contribution in [0, 0.1) is 5.41 Å². The van der Waals surface area contributed by atoms with Crippen molar-refractivity contribution < 1.29 is 0 Å². The molecule has 6 heteroatoms. The van der Waals surface area contributed by atoms with Crippen molar-refractivity contribution in [1.82, 2.24) is 9.71 Å². The van der Waals surface area contributed by atoms with Gasteiger partial charge < -0.3 is 11.1 Å². The fraction of sp³-hybridized carbons (Fsp3) is 0.294. The molecule has 1 heterocycles. The Kier molecular flexibility index (Phi) is 5.20. The molecule has 0 spiro atoms. The normalized spacial score (nSPS) is 16.8. The van der Waals surface area contributed by atoms with Crippen LogP contribution in [0.5, 0.6) is 0 Å². The molecular weight excluding hydrogens is 328 g/mol. The summed E-state index contributed by atoms with van der Waals surface area (Å²) < 4.78 is 3.54. The molecule has 0 fully saturated rings. The number of nitrogen functional groups attached to an aromatic ring is 1. The highest BCUT2D eigenvalue weighted by Gasteiger charge is 2.21. The van der Waals surface area contributed by atoms with Crippen LogP contribution < -0.4 is 10.5 Å². The van der Waals surface area contributed by atoms with E-state index in [1.54, 1.807) is 11.9 Å². The number of nitrogens with one attached hydrogen (secondary N) is 2. The minimum Gasteiger partial charge on any atom is -0.383 e. The molecule has 23 heavy (non-hydrogen) atoms.